The molecule has 2 N–H and O–H groups in total. The monoisotopic (exact) mass is 468 g/mol. The van der Waals surface area contributed by atoms with Crippen molar-refractivity contribution in [3.8, 4) is 11.5 Å². The van der Waals surface area contributed by atoms with Gasteiger partial charge in [-0.1, -0.05) is 15.9 Å². The third-order valence-electron chi connectivity index (χ3n) is 3.66. The van der Waals surface area contributed by atoms with E-state index in [9.17, 15) is 20.0 Å². The molecule has 2 aromatic carbocycles. The normalized spacial score (nSPS) is 14.4. The van der Waals surface area contributed by atoms with E-state index in [-0.39, 0.29) is 28.5 Å². The Hall–Kier alpha value is -2.39. The first kappa shape index (κ1) is 17.4. The van der Waals surface area contributed by atoms with E-state index in [1.807, 2.05) is 0 Å². The number of carbonyl (C=O) groups is 1. The summed E-state index contributed by atoms with van der Waals surface area (Å²) < 4.78 is 6.38. The molecule has 0 saturated heterocycles. The van der Waals surface area contributed by atoms with Crippen molar-refractivity contribution in [1.29, 1.82) is 0 Å². The number of phenols is 1. The number of aromatic hydroxyl groups is 1. The van der Waals surface area contributed by atoms with E-state index in [0.29, 0.717) is 15.7 Å². The van der Waals surface area contributed by atoms with Crippen LogP contribution >= 0.6 is 31.9 Å². The standard InChI is InChI=1S/C16H10Br2N2O5/c1-25-15-12(21)3-2-7(14(15)20(23)24)4-10-9-5-8(17)6-11(18)13(9)19-16(10)22/h2-6,21H,1H3,(H,19,22). The second-order valence-electron chi connectivity index (χ2n) is 5.14. The average molecular weight is 470 g/mol. The molecule has 1 heterocycles. The van der Waals surface area contributed by atoms with Gasteiger partial charge >= 0.3 is 5.69 Å². The van der Waals surface area contributed by atoms with Gasteiger partial charge in [0.1, 0.15) is 0 Å². The summed E-state index contributed by atoms with van der Waals surface area (Å²) in [5.41, 5.74) is 1.20. The second-order valence-corrected chi connectivity index (χ2v) is 6.91. The number of nitrogens with one attached hydrogen (secondary N) is 1. The molecule has 2 aromatic rings. The van der Waals surface area contributed by atoms with Crippen LogP contribution in [0.15, 0.2) is 33.2 Å². The topological polar surface area (TPSA) is 102 Å². The molecule has 9 heteroatoms. The van der Waals surface area contributed by atoms with Gasteiger partial charge in [0.25, 0.3) is 5.91 Å². The molecular formula is C16H10Br2N2O5. The smallest absolute Gasteiger partial charge is 0.322 e. The molecule has 1 amide bonds. The number of carbonyl (C=O) groups excluding carboxylic acids is 1. The van der Waals surface area contributed by atoms with Gasteiger partial charge in [-0.2, -0.15) is 0 Å². The minimum atomic E-state index is -0.657. The Bertz CT molecular complexity index is 956. The first-order valence-corrected chi connectivity index (χ1v) is 8.49. The maximum absolute atomic E-state index is 12.3. The molecule has 0 bridgehead atoms. The highest BCUT2D eigenvalue weighted by atomic mass is 79.9. The van der Waals surface area contributed by atoms with Crippen LogP contribution in [-0.2, 0) is 4.79 Å². The van der Waals surface area contributed by atoms with E-state index >= 15 is 0 Å². The van der Waals surface area contributed by atoms with E-state index in [1.165, 1.54) is 25.3 Å². The molecule has 128 valence electrons. The van der Waals surface area contributed by atoms with E-state index < -0.39 is 10.6 Å². The van der Waals surface area contributed by atoms with Crippen LogP contribution < -0.4 is 10.1 Å². The van der Waals surface area contributed by atoms with Crippen molar-refractivity contribution in [2.24, 2.45) is 0 Å². The number of benzene rings is 2. The Morgan fingerprint density at radius 3 is 2.68 bits per heavy atom. The van der Waals surface area contributed by atoms with Crippen LogP contribution in [0.1, 0.15) is 11.1 Å². The van der Waals surface area contributed by atoms with Gasteiger partial charge in [-0.15, -0.1) is 0 Å². The van der Waals surface area contributed by atoms with Crippen LogP contribution in [0.25, 0.3) is 11.6 Å². The lowest BCUT2D eigenvalue weighted by Gasteiger charge is -2.07. The van der Waals surface area contributed by atoms with E-state index in [0.717, 1.165) is 4.47 Å². The van der Waals surface area contributed by atoms with Crippen molar-refractivity contribution in [2.75, 3.05) is 12.4 Å². The summed E-state index contributed by atoms with van der Waals surface area (Å²) in [6.45, 7) is 0. The van der Waals surface area contributed by atoms with Crippen LogP contribution in [-0.4, -0.2) is 23.0 Å². The molecule has 7 nitrogen and oxygen atoms in total. The van der Waals surface area contributed by atoms with Gasteiger partial charge in [0.15, 0.2) is 5.75 Å². The van der Waals surface area contributed by atoms with Gasteiger partial charge in [-0.3, -0.25) is 14.9 Å². The third kappa shape index (κ3) is 3.00. The van der Waals surface area contributed by atoms with Crippen molar-refractivity contribution in [3.63, 3.8) is 0 Å². The summed E-state index contributed by atoms with van der Waals surface area (Å²) in [6.07, 6.45) is 1.40. The number of nitro groups is 1. The number of halogens is 2. The Balaban J connectivity index is 2.24. The molecule has 0 atom stereocenters. The minimum Gasteiger partial charge on any atom is -0.504 e. The number of nitro benzene ring substituents is 1. The number of nitrogens with zero attached hydrogens (tertiary/aromatic N) is 1. The maximum atomic E-state index is 12.3. The van der Waals surface area contributed by atoms with E-state index in [1.54, 1.807) is 12.1 Å². The summed E-state index contributed by atoms with van der Waals surface area (Å²) in [5, 5.41) is 23.9. The average Bonchev–Trinajstić information content (AvgIpc) is 2.85. The number of phenolic OH excluding ortho intramolecular Hbond substituents is 1. The molecule has 3 rings (SSSR count). The highest BCUT2D eigenvalue weighted by molar-refractivity contribution is 9.11. The summed E-state index contributed by atoms with van der Waals surface area (Å²) >= 11 is 6.74. The Morgan fingerprint density at radius 1 is 1.32 bits per heavy atom. The molecule has 1 aliphatic heterocycles. The molecule has 25 heavy (non-hydrogen) atoms. The molecule has 1 aliphatic rings. The number of hydrogen-bond donors (Lipinski definition) is 2. The van der Waals surface area contributed by atoms with Crippen molar-refractivity contribution < 1.29 is 19.6 Å². The van der Waals surface area contributed by atoms with Gasteiger partial charge in [0.05, 0.1) is 23.3 Å². The summed E-state index contributed by atoms with van der Waals surface area (Å²) in [7, 11) is 1.23. The fourth-order valence-electron chi connectivity index (χ4n) is 2.60. The van der Waals surface area contributed by atoms with Crippen molar-refractivity contribution >= 4 is 60.8 Å². The molecule has 0 fully saturated rings. The number of fused-ring (bicyclic) bond motifs is 1. The first-order chi connectivity index (χ1) is 11.8. The van der Waals surface area contributed by atoms with Gasteiger partial charge in [0.2, 0.25) is 5.75 Å². The molecular weight excluding hydrogens is 460 g/mol. The Morgan fingerprint density at radius 2 is 2.04 bits per heavy atom. The SMILES string of the molecule is COc1c(O)ccc(C=C2C(=O)Nc3c(Br)cc(Br)cc32)c1[N+](=O)[O-]. The lowest BCUT2D eigenvalue weighted by atomic mass is 10.0. The predicted octanol–water partition coefficient (Wildman–Crippen LogP) is 4.33. The van der Waals surface area contributed by atoms with Crippen LogP contribution in [0.4, 0.5) is 11.4 Å². The van der Waals surface area contributed by atoms with Gasteiger partial charge in [0, 0.05) is 20.1 Å². The zero-order valence-corrected chi connectivity index (χ0v) is 15.8. The maximum Gasteiger partial charge on any atom is 0.322 e. The fourth-order valence-corrected chi connectivity index (χ4v) is 3.92. The quantitative estimate of drug-likeness (QED) is 0.395. The number of anilines is 1. The highest BCUT2D eigenvalue weighted by Crippen LogP contribution is 2.43. The van der Waals surface area contributed by atoms with Crippen LogP contribution in [0.2, 0.25) is 0 Å². The highest BCUT2D eigenvalue weighted by Gasteiger charge is 2.29. The Labute approximate surface area is 158 Å². The summed E-state index contributed by atoms with van der Waals surface area (Å²) in [6, 6.07) is 6.17. The first-order valence-electron chi connectivity index (χ1n) is 6.90. The van der Waals surface area contributed by atoms with E-state index in [2.05, 4.69) is 37.2 Å². The minimum absolute atomic E-state index is 0.147. The third-order valence-corrected chi connectivity index (χ3v) is 4.74. The predicted molar refractivity (Wildman–Crippen MR) is 99.7 cm³/mol. The number of rotatable bonds is 3. The molecule has 0 saturated carbocycles. The second kappa shape index (κ2) is 6.49. The summed E-state index contributed by atoms with van der Waals surface area (Å²) in [4.78, 5) is 23.1. The lowest BCUT2D eigenvalue weighted by Crippen LogP contribution is -2.04. The number of methoxy groups -OCH3 is 1. The van der Waals surface area contributed by atoms with Gasteiger partial charge in [-0.25, -0.2) is 0 Å². The van der Waals surface area contributed by atoms with Crippen LogP contribution in [0.5, 0.6) is 11.5 Å². The number of hydrogen-bond acceptors (Lipinski definition) is 5. The molecule has 0 aliphatic carbocycles. The van der Waals surface area contributed by atoms with Gasteiger partial charge < -0.3 is 15.2 Å². The van der Waals surface area contributed by atoms with E-state index in [4.69, 9.17) is 4.74 Å². The van der Waals surface area contributed by atoms with Crippen molar-refractivity contribution in [3.05, 3.63) is 54.5 Å². The molecule has 0 spiro atoms. The van der Waals surface area contributed by atoms with Crippen molar-refractivity contribution in [1.82, 2.24) is 0 Å². The Kier molecular flexibility index (Phi) is 4.53. The zero-order valence-electron chi connectivity index (χ0n) is 12.7. The summed E-state index contributed by atoms with van der Waals surface area (Å²) in [5.74, 6) is -0.985. The van der Waals surface area contributed by atoms with Crippen LogP contribution in [0.3, 0.4) is 0 Å². The molecule has 0 aromatic heterocycles. The molecule has 0 radical (unpaired) electrons. The molecule has 0 unspecified atom stereocenters. The number of ether oxygens (including phenoxy) is 1. The largest absolute Gasteiger partial charge is 0.504 e. The van der Waals surface area contributed by atoms with Crippen LogP contribution in [0, 0.1) is 10.1 Å². The fraction of sp³-hybridized carbons (Fsp3) is 0.0625. The van der Waals surface area contributed by atoms with Crippen molar-refractivity contribution in [2.45, 2.75) is 0 Å². The number of amides is 1. The zero-order chi connectivity index (χ0) is 18.3. The van der Waals surface area contributed by atoms with Gasteiger partial charge in [-0.05, 0) is 46.3 Å². The lowest BCUT2D eigenvalue weighted by molar-refractivity contribution is -0.386.